The van der Waals surface area contributed by atoms with Crippen molar-refractivity contribution in [3.05, 3.63) is 24.0 Å². The molecule has 1 spiro atoms. The number of amides is 1. The SMILES string of the molecule is CN1CCN(C(=O)c2ccc[nH]2)CC12CCOCC2. The van der Waals surface area contributed by atoms with E-state index in [1.165, 1.54) is 0 Å². The van der Waals surface area contributed by atoms with Gasteiger partial charge in [0, 0.05) is 44.6 Å². The summed E-state index contributed by atoms with van der Waals surface area (Å²) in [4.78, 5) is 19.8. The number of aromatic amines is 1. The van der Waals surface area contributed by atoms with E-state index in [1.54, 1.807) is 6.20 Å². The summed E-state index contributed by atoms with van der Waals surface area (Å²) in [5.74, 6) is 0.115. The van der Waals surface area contributed by atoms with Crippen molar-refractivity contribution >= 4 is 5.91 Å². The van der Waals surface area contributed by atoms with E-state index in [0.717, 1.165) is 45.7 Å². The van der Waals surface area contributed by atoms with E-state index in [4.69, 9.17) is 4.74 Å². The lowest BCUT2D eigenvalue weighted by atomic mass is 9.86. The van der Waals surface area contributed by atoms with Crippen molar-refractivity contribution in [1.29, 1.82) is 0 Å². The lowest BCUT2D eigenvalue weighted by Gasteiger charge is -2.51. The maximum Gasteiger partial charge on any atom is 0.270 e. The summed E-state index contributed by atoms with van der Waals surface area (Å²) >= 11 is 0. The van der Waals surface area contributed by atoms with Crippen LogP contribution in [0.2, 0.25) is 0 Å². The minimum Gasteiger partial charge on any atom is -0.381 e. The zero-order valence-corrected chi connectivity index (χ0v) is 11.4. The van der Waals surface area contributed by atoms with Gasteiger partial charge in [-0.25, -0.2) is 0 Å². The molecule has 1 aromatic heterocycles. The third-order valence-electron chi connectivity index (χ3n) is 4.54. The largest absolute Gasteiger partial charge is 0.381 e. The summed E-state index contributed by atoms with van der Waals surface area (Å²) in [7, 11) is 2.17. The third kappa shape index (κ3) is 2.28. The third-order valence-corrected chi connectivity index (χ3v) is 4.54. The van der Waals surface area contributed by atoms with Gasteiger partial charge in [0.2, 0.25) is 0 Å². The maximum absolute atomic E-state index is 12.4. The summed E-state index contributed by atoms with van der Waals surface area (Å²) in [5, 5.41) is 0. The summed E-state index contributed by atoms with van der Waals surface area (Å²) in [6.07, 6.45) is 3.82. The average molecular weight is 263 g/mol. The van der Waals surface area contributed by atoms with Crippen molar-refractivity contribution in [2.24, 2.45) is 0 Å². The van der Waals surface area contributed by atoms with Gasteiger partial charge in [-0.05, 0) is 32.0 Å². The Bertz CT molecular complexity index is 438. The number of piperazine rings is 1. The monoisotopic (exact) mass is 263 g/mol. The zero-order chi connectivity index (χ0) is 13.3. The van der Waals surface area contributed by atoms with Crippen LogP contribution in [-0.4, -0.2) is 66.1 Å². The molecular weight excluding hydrogens is 242 g/mol. The minimum absolute atomic E-state index is 0.110. The van der Waals surface area contributed by atoms with Gasteiger partial charge in [-0.1, -0.05) is 0 Å². The highest BCUT2D eigenvalue weighted by atomic mass is 16.5. The van der Waals surface area contributed by atoms with Gasteiger partial charge in [-0.2, -0.15) is 0 Å². The van der Waals surface area contributed by atoms with Crippen LogP contribution in [0.15, 0.2) is 18.3 Å². The molecule has 19 heavy (non-hydrogen) atoms. The molecule has 2 saturated heterocycles. The second kappa shape index (κ2) is 4.98. The van der Waals surface area contributed by atoms with Gasteiger partial charge in [0.1, 0.15) is 5.69 Å². The number of carbonyl (C=O) groups excluding carboxylic acids is 1. The van der Waals surface area contributed by atoms with Gasteiger partial charge in [0.25, 0.3) is 5.91 Å². The average Bonchev–Trinajstić information content (AvgIpc) is 2.96. The van der Waals surface area contributed by atoms with Crippen molar-refractivity contribution in [3.8, 4) is 0 Å². The van der Waals surface area contributed by atoms with Gasteiger partial charge in [0.15, 0.2) is 0 Å². The van der Waals surface area contributed by atoms with Crippen molar-refractivity contribution in [1.82, 2.24) is 14.8 Å². The molecule has 0 bridgehead atoms. The first-order chi connectivity index (χ1) is 9.21. The standard InChI is InChI=1S/C14H21N3O2/c1-16-7-8-17(13(18)12-3-2-6-15-12)11-14(16)4-9-19-10-5-14/h2-3,6,15H,4-5,7-11H2,1H3. The molecular formula is C14H21N3O2. The Balaban J connectivity index is 1.76. The first kappa shape index (κ1) is 12.7. The molecule has 2 fully saturated rings. The highest BCUT2D eigenvalue weighted by molar-refractivity contribution is 5.92. The van der Waals surface area contributed by atoms with Gasteiger partial charge < -0.3 is 14.6 Å². The van der Waals surface area contributed by atoms with Crippen LogP contribution in [0, 0.1) is 0 Å². The first-order valence-electron chi connectivity index (χ1n) is 6.93. The quantitative estimate of drug-likeness (QED) is 0.820. The normalized spacial score (nSPS) is 23.7. The van der Waals surface area contributed by atoms with Crippen LogP contribution in [0.25, 0.3) is 0 Å². The Kier molecular flexibility index (Phi) is 3.33. The van der Waals surface area contributed by atoms with E-state index in [2.05, 4.69) is 16.9 Å². The van der Waals surface area contributed by atoms with Crippen molar-refractivity contribution in [2.75, 3.05) is 39.9 Å². The molecule has 2 aliphatic heterocycles. The van der Waals surface area contributed by atoms with E-state index in [1.807, 2.05) is 17.0 Å². The van der Waals surface area contributed by atoms with Crippen LogP contribution in [0.5, 0.6) is 0 Å². The highest BCUT2D eigenvalue weighted by Gasteiger charge is 2.42. The van der Waals surface area contributed by atoms with Crippen LogP contribution in [-0.2, 0) is 4.74 Å². The topological polar surface area (TPSA) is 48.6 Å². The molecule has 1 amide bonds. The number of ether oxygens (including phenoxy) is 1. The summed E-state index contributed by atoms with van der Waals surface area (Å²) in [5.41, 5.74) is 0.797. The molecule has 0 saturated carbocycles. The highest BCUT2D eigenvalue weighted by Crippen LogP contribution is 2.31. The van der Waals surface area contributed by atoms with Gasteiger partial charge >= 0.3 is 0 Å². The molecule has 0 unspecified atom stereocenters. The van der Waals surface area contributed by atoms with E-state index < -0.39 is 0 Å². The first-order valence-corrected chi connectivity index (χ1v) is 6.93. The Morgan fingerprint density at radius 2 is 2.16 bits per heavy atom. The number of aromatic nitrogens is 1. The summed E-state index contributed by atoms with van der Waals surface area (Å²) in [6, 6.07) is 3.71. The Morgan fingerprint density at radius 1 is 1.37 bits per heavy atom. The lowest BCUT2D eigenvalue weighted by molar-refractivity contribution is -0.0544. The fourth-order valence-electron chi connectivity index (χ4n) is 3.16. The zero-order valence-electron chi connectivity index (χ0n) is 11.4. The van der Waals surface area contributed by atoms with Crippen LogP contribution in [0.1, 0.15) is 23.3 Å². The molecule has 0 atom stereocenters. The molecule has 1 aromatic rings. The Labute approximate surface area is 113 Å². The van der Waals surface area contributed by atoms with E-state index >= 15 is 0 Å². The predicted octanol–water partition coefficient (Wildman–Crippen LogP) is 0.951. The Hall–Kier alpha value is -1.33. The van der Waals surface area contributed by atoms with Gasteiger partial charge in [-0.3, -0.25) is 9.69 Å². The Morgan fingerprint density at radius 3 is 2.84 bits per heavy atom. The number of nitrogens with one attached hydrogen (secondary N) is 1. The van der Waals surface area contributed by atoms with Crippen LogP contribution < -0.4 is 0 Å². The molecule has 3 rings (SSSR count). The number of nitrogens with zero attached hydrogens (tertiary/aromatic N) is 2. The lowest BCUT2D eigenvalue weighted by Crippen LogP contribution is -2.63. The smallest absolute Gasteiger partial charge is 0.270 e. The molecule has 0 aromatic carbocycles. The van der Waals surface area contributed by atoms with Gasteiger partial charge in [0.05, 0.1) is 0 Å². The molecule has 104 valence electrons. The van der Waals surface area contributed by atoms with E-state index in [-0.39, 0.29) is 11.4 Å². The van der Waals surface area contributed by atoms with E-state index in [0.29, 0.717) is 5.69 Å². The maximum atomic E-state index is 12.4. The van der Waals surface area contributed by atoms with Crippen LogP contribution in [0.4, 0.5) is 0 Å². The number of carbonyl (C=O) groups is 1. The molecule has 5 heteroatoms. The molecule has 1 N–H and O–H groups in total. The van der Waals surface area contributed by atoms with Crippen molar-refractivity contribution in [2.45, 2.75) is 18.4 Å². The summed E-state index contributed by atoms with van der Waals surface area (Å²) < 4.78 is 5.48. The number of hydrogen-bond donors (Lipinski definition) is 1. The second-order valence-corrected chi connectivity index (χ2v) is 5.57. The molecule has 2 aliphatic rings. The van der Waals surface area contributed by atoms with E-state index in [9.17, 15) is 4.79 Å². The molecule has 0 aliphatic carbocycles. The molecule has 3 heterocycles. The minimum atomic E-state index is 0.110. The fraction of sp³-hybridized carbons (Fsp3) is 0.643. The van der Waals surface area contributed by atoms with Gasteiger partial charge in [-0.15, -0.1) is 0 Å². The second-order valence-electron chi connectivity index (χ2n) is 5.57. The summed E-state index contributed by atoms with van der Waals surface area (Å²) in [6.45, 7) is 4.15. The predicted molar refractivity (Wildman–Crippen MR) is 72.1 cm³/mol. The van der Waals surface area contributed by atoms with Crippen LogP contribution >= 0.6 is 0 Å². The van der Waals surface area contributed by atoms with Crippen molar-refractivity contribution in [3.63, 3.8) is 0 Å². The van der Waals surface area contributed by atoms with Crippen molar-refractivity contribution < 1.29 is 9.53 Å². The number of H-pyrrole nitrogens is 1. The molecule has 5 nitrogen and oxygen atoms in total. The fourth-order valence-corrected chi connectivity index (χ4v) is 3.16. The number of likely N-dealkylation sites (N-methyl/N-ethyl adjacent to an activating group) is 1. The number of hydrogen-bond acceptors (Lipinski definition) is 3. The number of rotatable bonds is 1. The molecule has 0 radical (unpaired) electrons. The van der Waals surface area contributed by atoms with Crippen LogP contribution in [0.3, 0.4) is 0 Å².